The molecule has 4 heterocycles. The van der Waals surface area contributed by atoms with E-state index < -0.39 is 0 Å². The standard InChI is InChI=1S/C20H30N6O3/c1-15(2)13-17(19-21-22-23-26(19)14-16-5-3-11-28-16)24-7-9-25(10-8-24)20(27)18-6-4-12-29-18/h4,6,12,15-17H,3,5,7-11,13-14H2,1-2H3/p+1/t16-,17+/m0/s1. The highest BCUT2D eigenvalue weighted by Crippen LogP contribution is 2.19. The second-order valence-corrected chi connectivity index (χ2v) is 8.46. The largest absolute Gasteiger partial charge is 0.459 e. The van der Waals surface area contributed by atoms with Crippen LogP contribution in [0.3, 0.4) is 0 Å². The molecule has 29 heavy (non-hydrogen) atoms. The van der Waals surface area contributed by atoms with Crippen molar-refractivity contribution < 1.29 is 18.8 Å². The van der Waals surface area contributed by atoms with E-state index in [2.05, 4.69) is 29.4 Å². The van der Waals surface area contributed by atoms with Crippen molar-refractivity contribution in [1.29, 1.82) is 0 Å². The molecule has 9 nitrogen and oxygen atoms in total. The molecular weight excluding hydrogens is 372 g/mol. The van der Waals surface area contributed by atoms with Gasteiger partial charge in [0, 0.05) is 13.0 Å². The van der Waals surface area contributed by atoms with Crippen LogP contribution in [0.4, 0.5) is 0 Å². The van der Waals surface area contributed by atoms with Crippen molar-refractivity contribution in [3.05, 3.63) is 30.0 Å². The maximum absolute atomic E-state index is 12.6. The molecule has 2 aliphatic heterocycles. The molecule has 2 aromatic rings. The van der Waals surface area contributed by atoms with E-state index >= 15 is 0 Å². The first-order chi connectivity index (χ1) is 14.1. The van der Waals surface area contributed by atoms with Crippen molar-refractivity contribution >= 4 is 5.91 Å². The Morgan fingerprint density at radius 1 is 1.34 bits per heavy atom. The molecule has 2 atom stereocenters. The number of nitrogens with one attached hydrogen (secondary N) is 1. The molecule has 0 aromatic carbocycles. The van der Waals surface area contributed by atoms with Crippen LogP contribution >= 0.6 is 0 Å². The quantitative estimate of drug-likeness (QED) is 0.727. The number of hydrogen-bond acceptors (Lipinski definition) is 6. The van der Waals surface area contributed by atoms with Crippen molar-refractivity contribution in [2.75, 3.05) is 32.8 Å². The average molecular weight is 404 g/mol. The number of carbonyl (C=O) groups is 1. The Balaban J connectivity index is 1.44. The van der Waals surface area contributed by atoms with E-state index in [1.54, 1.807) is 18.4 Å². The summed E-state index contributed by atoms with van der Waals surface area (Å²) in [4.78, 5) is 15.9. The lowest BCUT2D eigenvalue weighted by atomic mass is 10.0. The minimum atomic E-state index is -0.0299. The maximum Gasteiger partial charge on any atom is 0.289 e. The first-order valence-electron chi connectivity index (χ1n) is 10.7. The summed E-state index contributed by atoms with van der Waals surface area (Å²) in [7, 11) is 0. The van der Waals surface area contributed by atoms with Gasteiger partial charge in [0.2, 0.25) is 5.82 Å². The lowest BCUT2D eigenvalue weighted by Crippen LogP contribution is -3.15. The van der Waals surface area contributed by atoms with Gasteiger partial charge >= 0.3 is 0 Å². The summed E-state index contributed by atoms with van der Waals surface area (Å²) in [6.45, 7) is 9.16. The molecule has 1 amide bonds. The number of aromatic nitrogens is 4. The van der Waals surface area contributed by atoms with Crippen LogP contribution in [0.15, 0.2) is 22.8 Å². The van der Waals surface area contributed by atoms with Crippen molar-refractivity contribution in [3.63, 3.8) is 0 Å². The highest BCUT2D eigenvalue weighted by Gasteiger charge is 2.35. The third-order valence-electron chi connectivity index (χ3n) is 5.90. The van der Waals surface area contributed by atoms with Gasteiger partial charge in [-0.05, 0) is 41.3 Å². The van der Waals surface area contributed by atoms with Crippen molar-refractivity contribution in [2.45, 2.75) is 51.8 Å². The number of rotatable bonds is 7. The van der Waals surface area contributed by atoms with Gasteiger partial charge in [-0.15, -0.1) is 5.10 Å². The molecule has 0 spiro atoms. The fourth-order valence-corrected chi connectivity index (χ4v) is 4.40. The summed E-state index contributed by atoms with van der Waals surface area (Å²) in [6, 6.07) is 3.69. The Hall–Kier alpha value is -2.26. The molecule has 2 fully saturated rings. The normalized spacial score (nSPS) is 21.8. The number of tetrazole rings is 1. The number of hydrogen-bond donors (Lipinski definition) is 1. The molecular formula is C20H31N6O3+. The molecule has 4 rings (SSSR count). The van der Waals surface area contributed by atoms with Crippen LogP contribution in [0, 0.1) is 5.92 Å². The molecule has 0 radical (unpaired) electrons. The van der Waals surface area contributed by atoms with E-state index in [-0.39, 0.29) is 18.1 Å². The van der Waals surface area contributed by atoms with Crippen LogP contribution in [-0.4, -0.2) is 69.9 Å². The Morgan fingerprint density at radius 2 is 2.17 bits per heavy atom. The highest BCUT2D eigenvalue weighted by molar-refractivity contribution is 5.91. The van der Waals surface area contributed by atoms with Gasteiger partial charge in [0.05, 0.1) is 45.1 Å². The smallest absolute Gasteiger partial charge is 0.289 e. The zero-order valence-corrected chi connectivity index (χ0v) is 17.3. The number of piperazine rings is 1. The number of amides is 1. The van der Waals surface area contributed by atoms with E-state index in [1.165, 1.54) is 4.90 Å². The van der Waals surface area contributed by atoms with Crippen LogP contribution in [0.5, 0.6) is 0 Å². The number of furan rings is 1. The predicted molar refractivity (Wildman–Crippen MR) is 104 cm³/mol. The molecule has 2 saturated heterocycles. The van der Waals surface area contributed by atoms with Gasteiger partial charge in [-0.1, -0.05) is 13.8 Å². The fourth-order valence-electron chi connectivity index (χ4n) is 4.40. The summed E-state index contributed by atoms with van der Waals surface area (Å²) in [6.07, 6.45) is 4.92. The first-order valence-corrected chi connectivity index (χ1v) is 10.7. The van der Waals surface area contributed by atoms with Crippen LogP contribution in [0.2, 0.25) is 0 Å². The highest BCUT2D eigenvalue weighted by atomic mass is 16.5. The van der Waals surface area contributed by atoms with Crippen molar-refractivity contribution in [1.82, 2.24) is 25.1 Å². The van der Waals surface area contributed by atoms with Gasteiger partial charge in [0.1, 0.15) is 6.04 Å². The molecule has 158 valence electrons. The molecule has 0 bridgehead atoms. The summed E-state index contributed by atoms with van der Waals surface area (Å²) in [5.74, 6) is 1.85. The maximum atomic E-state index is 12.6. The summed E-state index contributed by atoms with van der Waals surface area (Å²) < 4.78 is 13.0. The van der Waals surface area contributed by atoms with Gasteiger partial charge in [0.25, 0.3) is 5.91 Å². The molecule has 0 saturated carbocycles. The minimum absolute atomic E-state index is 0.0299. The lowest BCUT2D eigenvalue weighted by molar-refractivity contribution is -0.937. The third-order valence-corrected chi connectivity index (χ3v) is 5.90. The molecule has 2 aliphatic rings. The fraction of sp³-hybridized carbons (Fsp3) is 0.700. The number of nitrogens with zero attached hydrogens (tertiary/aromatic N) is 5. The SMILES string of the molecule is CC(C)C[C@H](c1nnnn1C[C@@H]1CCCO1)[NH+]1CCN(C(=O)c2ccco2)CC1. The van der Waals surface area contributed by atoms with E-state index in [0.29, 0.717) is 31.3 Å². The first kappa shape index (κ1) is 20.0. The van der Waals surface area contributed by atoms with Gasteiger partial charge < -0.3 is 19.0 Å². The molecule has 1 N–H and O–H groups in total. The molecule has 9 heteroatoms. The molecule has 0 unspecified atom stereocenters. The number of carbonyl (C=O) groups excluding carboxylic acids is 1. The Labute approximate surface area is 171 Å². The summed E-state index contributed by atoms with van der Waals surface area (Å²) in [5.41, 5.74) is 0. The van der Waals surface area contributed by atoms with E-state index in [9.17, 15) is 4.79 Å². The monoisotopic (exact) mass is 403 g/mol. The second kappa shape index (κ2) is 9.04. The lowest BCUT2D eigenvalue weighted by Gasteiger charge is -2.36. The van der Waals surface area contributed by atoms with Gasteiger partial charge in [-0.2, -0.15) is 0 Å². The summed E-state index contributed by atoms with van der Waals surface area (Å²) in [5, 5.41) is 12.7. The van der Waals surface area contributed by atoms with Crippen LogP contribution in [0.25, 0.3) is 0 Å². The molecule has 2 aromatic heterocycles. The van der Waals surface area contributed by atoms with Crippen LogP contribution in [0.1, 0.15) is 55.5 Å². The Morgan fingerprint density at radius 3 is 2.83 bits per heavy atom. The van der Waals surface area contributed by atoms with E-state index in [4.69, 9.17) is 9.15 Å². The zero-order chi connectivity index (χ0) is 20.2. The van der Waals surface area contributed by atoms with E-state index in [0.717, 1.165) is 44.8 Å². The predicted octanol–water partition coefficient (Wildman–Crippen LogP) is 0.573. The van der Waals surface area contributed by atoms with Gasteiger partial charge in [-0.25, -0.2) is 4.68 Å². The molecule has 0 aliphatic carbocycles. The van der Waals surface area contributed by atoms with E-state index in [1.807, 2.05) is 9.58 Å². The third kappa shape index (κ3) is 4.67. The van der Waals surface area contributed by atoms with Crippen molar-refractivity contribution in [2.24, 2.45) is 5.92 Å². The number of quaternary nitrogens is 1. The Kier molecular flexibility index (Phi) is 6.25. The summed E-state index contributed by atoms with van der Waals surface area (Å²) >= 11 is 0. The number of ether oxygens (including phenoxy) is 1. The zero-order valence-electron chi connectivity index (χ0n) is 17.3. The average Bonchev–Trinajstić information content (AvgIpc) is 3.49. The minimum Gasteiger partial charge on any atom is -0.459 e. The van der Waals surface area contributed by atoms with Gasteiger partial charge in [-0.3, -0.25) is 4.79 Å². The topological polar surface area (TPSA) is 90.7 Å². The van der Waals surface area contributed by atoms with Crippen molar-refractivity contribution in [3.8, 4) is 0 Å². The Bertz CT molecular complexity index is 776. The second-order valence-electron chi connectivity index (χ2n) is 8.46. The van der Waals surface area contributed by atoms with Crippen LogP contribution in [-0.2, 0) is 11.3 Å². The van der Waals surface area contributed by atoms with Gasteiger partial charge in [0.15, 0.2) is 5.76 Å². The van der Waals surface area contributed by atoms with Crippen LogP contribution < -0.4 is 4.90 Å².